The number of aromatic nitrogens is 1. The summed E-state index contributed by atoms with van der Waals surface area (Å²) in [5.74, 6) is -2.58. The monoisotopic (exact) mass is 514 g/mol. The van der Waals surface area contributed by atoms with Crippen LogP contribution in [-0.4, -0.2) is 94.1 Å². The zero-order chi connectivity index (χ0) is 25.1. The SMILES string of the molecule is COCC1(C(=O)O)CS[C@@H]2C(NC(=O)C(=NOCC(=O)OC(C)(C)C)c3cscn3)C(=O)N2C1. The summed E-state index contributed by atoms with van der Waals surface area (Å²) in [5, 5.41) is 17.2. The highest BCUT2D eigenvalue weighted by Gasteiger charge is 2.57. The summed E-state index contributed by atoms with van der Waals surface area (Å²) in [6.45, 7) is 4.58. The number of thiazole rings is 1. The summed E-state index contributed by atoms with van der Waals surface area (Å²) in [5.41, 5.74) is -0.383. The molecule has 2 aliphatic rings. The minimum Gasteiger partial charge on any atom is -0.481 e. The normalized spacial score (nSPS) is 24.6. The van der Waals surface area contributed by atoms with Crippen LogP contribution in [-0.2, 0) is 33.5 Å². The number of carbonyl (C=O) groups excluding carboxylic acids is 3. The van der Waals surface area contributed by atoms with Crippen molar-refractivity contribution in [3.05, 3.63) is 16.6 Å². The summed E-state index contributed by atoms with van der Waals surface area (Å²) in [4.78, 5) is 59.8. The molecule has 2 aliphatic heterocycles. The summed E-state index contributed by atoms with van der Waals surface area (Å²) >= 11 is 2.49. The lowest BCUT2D eigenvalue weighted by atomic mass is 9.88. The lowest BCUT2D eigenvalue weighted by Gasteiger charge is -2.53. The topological polar surface area (TPSA) is 157 Å². The fourth-order valence-corrected chi connectivity index (χ4v) is 5.51. The maximum absolute atomic E-state index is 12.9. The van der Waals surface area contributed by atoms with Crippen molar-refractivity contribution >= 4 is 52.6 Å². The fraction of sp³-hybridized carbons (Fsp3) is 0.600. The maximum Gasteiger partial charge on any atom is 0.347 e. The van der Waals surface area contributed by atoms with Crippen molar-refractivity contribution in [2.75, 3.05) is 32.6 Å². The second-order valence-electron chi connectivity index (χ2n) is 8.81. The van der Waals surface area contributed by atoms with Gasteiger partial charge in [0.1, 0.15) is 28.1 Å². The van der Waals surface area contributed by atoms with Crippen molar-refractivity contribution in [1.29, 1.82) is 0 Å². The van der Waals surface area contributed by atoms with E-state index in [1.807, 2.05) is 0 Å². The second kappa shape index (κ2) is 10.3. The van der Waals surface area contributed by atoms with E-state index in [2.05, 4.69) is 15.5 Å². The number of nitrogens with zero attached hydrogens (tertiary/aromatic N) is 3. The first kappa shape index (κ1) is 25.9. The molecule has 34 heavy (non-hydrogen) atoms. The van der Waals surface area contributed by atoms with Crippen molar-refractivity contribution in [1.82, 2.24) is 15.2 Å². The highest BCUT2D eigenvalue weighted by Crippen LogP contribution is 2.42. The standard InChI is InChI=1S/C20H26N4O8S2/c1-19(2,3)32-12(25)5-31-23-13(11-6-33-10-21-11)15(26)22-14-16(27)24-7-20(8-30-4,18(28)29)9-34-17(14)24/h6,10,14,17H,5,7-9H2,1-4H3,(H,22,26)(H,28,29)/t14?,17-,20?/m1/s1. The number of hydrogen-bond acceptors (Lipinski definition) is 11. The molecular formula is C20H26N4O8S2. The highest BCUT2D eigenvalue weighted by molar-refractivity contribution is 8.00. The molecule has 0 aliphatic carbocycles. The van der Waals surface area contributed by atoms with Crippen LogP contribution >= 0.6 is 23.1 Å². The van der Waals surface area contributed by atoms with Crippen molar-refractivity contribution in [2.45, 2.75) is 37.8 Å². The van der Waals surface area contributed by atoms with E-state index in [0.29, 0.717) is 0 Å². The number of esters is 1. The number of methoxy groups -OCH3 is 1. The molecule has 3 atom stereocenters. The van der Waals surface area contributed by atoms with E-state index in [0.717, 1.165) is 0 Å². The van der Waals surface area contributed by atoms with E-state index < -0.39 is 52.8 Å². The molecule has 1 aromatic rings. The van der Waals surface area contributed by atoms with Crippen LogP contribution in [0.3, 0.4) is 0 Å². The molecular weight excluding hydrogens is 488 g/mol. The van der Waals surface area contributed by atoms with Crippen molar-refractivity contribution in [2.24, 2.45) is 10.6 Å². The minimum absolute atomic E-state index is 0.00885. The Labute approximate surface area is 204 Å². The van der Waals surface area contributed by atoms with Crippen LogP contribution in [0.25, 0.3) is 0 Å². The van der Waals surface area contributed by atoms with E-state index in [1.54, 1.807) is 26.2 Å². The van der Waals surface area contributed by atoms with Gasteiger partial charge in [-0.3, -0.25) is 14.4 Å². The Morgan fingerprint density at radius 1 is 1.38 bits per heavy atom. The summed E-state index contributed by atoms with van der Waals surface area (Å²) < 4.78 is 10.2. The van der Waals surface area contributed by atoms with Gasteiger partial charge in [0, 0.05) is 24.8 Å². The molecule has 3 rings (SSSR count). The van der Waals surface area contributed by atoms with Crippen LogP contribution in [0.15, 0.2) is 16.0 Å². The Kier molecular flexibility index (Phi) is 7.83. The number of oxime groups is 1. The van der Waals surface area contributed by atoms with E-state index in [9.17, 15) is 24.3 Å². The number of nitrogens with one attached hydrogen (secondary N) is 1. The molecule has 2 amide bonds. The van der Waals surface area contributed by atoms with Crippen LogP contribution < -0.4 is 5.32 Å². The molecule has 0 radical (unpaired) electrons. The number of β-lactam (4-membered cyclic amide) rings is 1. The lowest BCUT2D eigenvalue weighted by Crippen LogP contribution is -2.74. The van der Waals surface area contributed by atoms with Gasteiger partial charge in [0.05, 0.1) is 12.1 Å². The van der Waals surface area contributed by atoms with Crippen molar-refractivity contribution in [3.63, 3.8) is 0 Å². The molecule has 186 valence electrons. The molecule has 2 unspecified atom stereocenters. The van der Waals surface area contributed by atoms with Gasteiger partial charge in [-0.05, 0) is 20.8 Å². The quantitative estimate of drug-likeness (QED) is 0.204. The maximum atomic E-state index is 12.9. The third-order valence-corrected chi connectivity index (χ3v) is 7.13. The molecule has 0 bridgehead atoms. The molecule has 2 fully saturated rings. The number of fused-ring (bicyclic) bond motifs is 1. The number of carboxylic acids is 1. The van der Waals surface area contributed by atoms with Gasteiger partial charge in [0.15, 0.2) is 5.71 Å². The number of amides is 2. The number of carbonyl (C=O) groups is 4. The average Bonchev–Trinajstić information content (AvgIpc) is 3.28. The molecule has 2 N–H and O–H groups in total. The van der Waals surface area contributed by atoms with Crippen LogP contribution in [0.4, 0.5) is 0 Å². The predicted octanol–water partition coefficient (Wildman–Crippen LogP) is 0.323. The number of aliphatic carboxylic acids is 1. The number of hydrogen-bond donors (Lipinski definition) is 2. The number of ether oxygens (including phenoxy) is 2. The van der Waals surface area contributed by atoms with Crippen molar-refractivity contribution < 1.29 is 38.6 Å². The molecule has 3 heterocycles. The molecule has 2 saturated heterocycles. The Morgan fingerprint density at radius 2 is 2.12 bits per heavy atom. The summed E-state index contributed by atoms with van der Waals surface area (Å²) in [7, 11) is 1.41. The van der Waals surface area contributed by atoms with Gasteiger partial charge in [0.2, 0.25) is 12.5 Å². The first-order valence-electron chi connectivity index (χ1n) is 10.2. The van der Waals surface area contributed by atoms with E-state index in [1.165, 1.54) is 40.6 Å². The first-order valence-corrected chi connectivity index (χ1v) is 12.2. The minimum atomic E-state index is -1.21. The van der Waals surface area contributed by atoms with Crippen LogP contribution in [0.2, 0.25) is 0 Å². The molecule has 0 aromatic carbocycles. The molecule has 14 heteroatoms. The third-order valence-electron chi connectivity index (χ3n) is 4.95. The zero-order valence-corrected chi connectivity index (χ0v) is 20.7. The van der Waals surface area contributed by atoms with Gasteiger partial charge in [-0.2, -0.15) is 0 Å². The lowest BCUT2D eigenvalue weighted by molar-refractivity contribution is -0.161. The Hall–Kier alpha value is -2.71. The predicted molar refractivity (Wildman–Crippen MR) is 122 cm³/mol. The van der Waals surface area contributed by atoms with Crippen LogP contribution in [0.1, 0.15) is 26.5 Å². The van der Waals surface area contributed by atoms with Gasteiger partial charge in [0.25, 0.3) is 5.91 Å². The van der Waals surface area contributed by atoms with Gasteiger partial charge in [-0.1, -0.05) is 5.16 Å². The van der Waals surface area contributed by atoms with E-state index in [-0.39, 0.29) is 30.3 Å². The Bertz CT molecular complexity index is 978. The Balaban J connectivity index is 1.66. The largest absolute Gasteiger partial charge is 0.481 e. The smallest absolute Gasteiger partial charge is 0.347 e. The van der Waals surface area contributed by atoms with E-state index in [4.69, 9.17) is 14.3 Å². The third kappa shape index (κ3) is 5.67. The fourth-order valence-electron chi connectivity index (χ4n) is 3.45. The van der Waals surface area contributed by atoms with Crippen LogP contribution in [0.5, 0.6) is 0 Å². The second-order valence-corrected chi connectivity index (χ2v) is 10.6. The van der Waals surface area contributed by atoms with Gasteiger partial charge >= 0.3 is 11.9 Å². The first-order chi connectivity index (χ1) is 16.0. The summed E-state index contributed by atoms with van der Waals surface area (Å²) in [6, 6.07) is -0.860. The zero-order valence-electron chi connectivity index (χ0n) is 19.1. The van der Waals surface area contributed by atoms with Gasteiger partial charge in [-0.25, -0.2) is 9.78 Å². The highest BCUT2D eigenvalue weighted by atomic mass is 32.2. The van der Waals surface area contributed by atoms with Crippen molar-refractivity contribution in [3.8, 4) is 0 Å². The number of thioether (sulfide) groups is 1. The van der Waals surface area contributed by atoms with Gasteiger partial charge < -0.3 is 29.6 Å². The van der Waals surface area contributed by atoms with Crippen LogP contribution in [0, 0.1) is 5.41 Å². The van der Waals surface area contributed by atoms with Gasteiger partial charge in [-0.15, -0.1) is 23.1 Å². The summed E-state index contributed by atoms with van der Waals surface area (Å²) in [6.07, 6.45) is 0. The molecule has 12 nitrogen and oxygen atoms in total. The average molecular weight is 515 g/mol. The number of carboxylic acid groups (broad SMARTS) is 1. The van der Waals surface area contributed by atoms with E-state index >= 15 is 0 Å². The molecule has 0 saturated carbocycles. The Morgan fingerprint density at radius 3 is 2.71 bits per heavy atom. The molecule has 0 spiro atoms. The number of rotatable bonds is 9. The molecule has 1 aromatic heterocycles.